The predicted molar refractivity (Wildman–Crippen MR) is 96.0 cm³/mol. The van der Waals surface area contributed by atoms with Crippen molar-refractivity contribution in [3.8, 4) is 11.5 Å². The second-order valence-corrected chi connectivity index (χ2v) is 5.80. The monoisotopic (exact) mass is 373 g/mol. The molecule has 2 rings (SSSR count). The number of benzene rings is 1. The summed E-state index contributed by atoms with van der Waals surface area (Å²) >= 11 is 0. The Morgan fingerprint density at radius 1 is 1.36 bits per heavy atom. The molecule has 1 saturated heterocycles. The van der Waals surface area contributed by atoms with Crippen LogP contribution in [0, 0.1) is 16.0 Å². The first-order valence-corrected chi connectivity index (χ1v) is 7.86. The second-order valence-electron chi connectivity index (χ2n) is 5.80. The zero-order valence-corrected chi connectivity index (χ0v) is 15.4. The number of ether oxygens (including phenoxy) is 2. The third-order valence-corrected chi connectivity index (χ3v) is 4.23. The number of methoxy groups -OCH3 is 2. The molecule has 1 aliphatic rings. The molecule has 0 radical (unpaired) electrons. The summed E-state index contributed by atoms with van der Waals surface area (Å²) in [5, 5.41) is 14.5. The molecule has 1 heterocycles. The molecule has 0 aromatic heterocycles. The molecule has 1 N–H and O–H groups in total. The Kier molecular flexibility index (Phi) is 7.92. The molecule has 1 atom stereocenters. The number of hydrogen-bond acceptors (Lipinski definition) is 6. The molecule has 1 amide bonds. The molecule has 0 bridgehead atoms. The smallest absolute Gasteiger partial charge is 0.286 e. The van der Waals surface area contributed by atoms with E-state index >= 15 is 0 Å². The van der Waals surface area contributed by atoms with Gasteiger partial charge in [0.15, 0.2) is 11.5 Å². The lowest BCUT2D eigenvalue weighted by Gasteiger charge is -2.32. The average molecular weight is 374 g/mol. The molecule has 1 unspecified atom stereocenters. The highest BCUT2D eigenvalue weighted by Crippen LogP contribution is 2.35. The molecule has 0 spiro atoms. The third-order valence-electron chi connectivity index (χ3n) is 4.23. The number of nitrogens with one attached hydrogen (secondary N) is 1. The molecule has 0 aliphatic carbocycles. The minimum Gasteiger partial charge on any atom is -0.493 e. The van der Waals surface area contributed by atoms with E-state index in [1.54, 1.807) is 4.90 Å². The van der Waals surface area contributed by atoms with Gasteiger partial charge in [0.1, 0.15) is 5.56 Å². The number of amides is 1. The van der Waals surface area contributed by atoms with Crippen LogP contribution in [0.3, 0.4) is 0 Å². The number of nitro groups is 1. The topological polar surface area (TPSA) is 93.9 Å². The van der Waals surface area contributed by atoms with Gasteiger partial charge in [-0.3, -0.25) is 14.9 Å². The normalized spacial score (nSPS) is 16.8. The number of nitrogens with zero attached hydrogens (tertiary/aromatic N) is 2. The third kappa shape index (κ3) is 4.73. The molecule has 140 valence electrons. The summed E-state index contributed by atoms with van der Waals surface area (Å²) in [6, 6.07) is 2.63. The van der Waals surface area contributed by atoms with Crippen molar-refractivity contribution in [3.63, 3.8) is 0 Å². The summed E-state index contributed by atoms with van der Waals surface area (Å²) in [5.41, 5.74) is -0.240. The Bertz CT molecular complexity index is 624. The standard InChI is InChI=1S/C16H23N3O5.ClH/c1-17-9-11-5-4-6-18(10-11)16(20)12-7-14(23-2)15(24-3)8-13(12)19(21)22;/h7-8,11,17H,4-6,9-10H2,1-3H3;1H. The van der Waals surface area contributed by atoms with Crippen molar-refractivity contribution in [1.82, 2.24) is 10.2 Å². The van der Waals surface area contributed by atoms with Gasteiger partial charge in [-0.15, -0.1) is 12.4 Å². The summed E-state index contributed by atoms with van der Waals surface area (Å²) in [7, 11) is 4.71. The quantitative estimate of drug-likeness (QED) is 0.606. The van der Waals surface area contributed by atoms with Gasteiger partial charge >= 0.3 is 0 Å². The van der Waals surface area contributed by atoms with Gasteiger partial charge in [-0.1, -0.05) is 0 Å². The Labute approximate surface area is 153 Å². The molecule has 1 aliphatic heterocycles. The first-order valence-electron chi connectivity index (χ1n) is 7.86. The van der Waals surface area contributed by atoms with Gasteiger partial charge < -0.3 is 19.7 Å². The van der Waals surface area contributed by atoms with E-state index in [-0.39, 0.29) is 35.3 Å². The van der Waals surface area contributed by atoms with Crippen molar-refractivity contribution in [2.45, 2.75) is 12.8 Å². The number of hydrogen-bond donors (Lipinski definition) is 1. The Morgan fingerprint density at radius 2 is 2.00 bits per heavy atom. The van der Waals surface area contributed by atoms with Gasteiger partial charge in [0, 0.05) is 19.2 Å². The van der Waals surface area contributed by atoms with Gasteiger partial charge in [0.2, 0.25) is 0 Å². The number of carbonyl (C=O) groups is 1. The van der Waals surface area contributed by atoms with Crippen LogP contribution in [0.4, 0.5) is 5.69 Å². The first-order chi connectivity index (χ1) is 11.5. The number of rotatable bonds is 6. The fraction of sp³-hybridized carbons (Fsp3) is 0.562. The molecule has 8 nitrogen and oxygen atoms in total. The zero-order chi connectivity index (χ0) is 17.7. The number of likely N-dealkylation sites (tertiary alicyclic amines) is 1. The molecule has 0 saturated carbocycles. The van der Waals surface area contributed by atoms with Gasteiger partial charge in [0.05, 0.1) is 25.2 Å². The van der Waals surface area contributed by atoms with Crippen LogP contribution in [0.15, 0.2) is 12.1 Å². The molecule has 25 heavy (non-hydrogen) atoms. The van der Waals surface area contributed by atoms with Crippen LogP contribution in [0.5, 0.6) is 11.5 Å². The summed E-state index contributed by atoms with van der Waals surface area (Å²) in [4.78, 5) is 25.3. The van der Waals surface area contributed by atoms with Crippen molar-refractivity contribution in [2.24, 2.45) is 5.92 Å². The van der Waals surface area contributed by atoms with Crippen molar-refractivity contribution in [3.05, 3.63) is 27.8 Å². The minimum absolute atomic E-state index is 0. The van der Waals surface area contributed by atoms with Crippen LogP contribution in [0.25, 0.3) is 0 Å². The lowest BCUT2D eigenvalue weighted by Crippen LogP contribution is -2.42. The molecule has 1 aromatic rings. The van der Waals surface area contributed by atoms with E-state index in [0.717, 1.165) is 19.4 Å². The van der Waals surface area contributed by atoms with Gasteiger partial charge in [-0.25, -0.2) is 0 Å². The SMILES string of the molecule is CNCC1CCCN(C(=O)c2cc(OC)c(OC)cc2[N+](=O)[O-])C1.Cl. The van der Waals surface area contributed by atoms with Gasteiger partial charge in [0.25, 0.3) is 11.6 Å². The maximum Gasteiger partial charge on any atom is 0.286 e. The number of piperidine rings is 1. The molecule has 1 fully saturated rings. The number of nitro benzene ring substituents is 1. The van der Waals surface area contributed by atoms with Crippen LogP contribution in [0.1, 0.15) is 23.2 Å². The van der Waals surface area contributed by atoms with E-state index in [1.165, 1.54) is 26.4 Å². The summed E-state index contributed by atoms with van der Waals surface area (Å²) < 4.78 is 10.3. The van der Waals surface area contributed by atoms with Gasteiger partial charge in [-0.2, -0.15) is 0 Å². The lowest BCUT2D eigenvalue weighted by molar-refractivity contribution is -0.385. The van der Waals surface area contributed by atoms with Crippen LogP contribution < -0.4 is 14.8 Å². The Morgan fingerprint density at radius 3 is 2.56 bits per heavy atom. The van der Waals surface area contributed by atoms with Gasteiger partial charge in [-0.05, 0) is 32.4 Å². The molecular formula is C16H24ClN3O5. The summed E-state index contributed by atoms with van der Waals surface area (Å²) in [6.07, 6.45) is 1.93. The Balaban J connectivity index is 0.00000312. The van der Waals surface area contributed by atoms with Crippen molar-refractivity contribution in [1.29, 1.82) is 0 Å². The van der Waals surface area contributed by atoms with E-state index in [1.807, 2.05) is 7.05 Å². The lowest BCUT2D eigenvalue weighted by atomic mass is 9.97. The van der Waals surface area contributed by atoms with Crippen LogP contribution in [-0.4, -0.2) is 56.6 Å². The van der Waals surface area contributed by atoms with Crippen molar-refractivity contribution < 1.29 is 19.2 Å². The van der Waals surface area contributed by atoms with Crippen LogP contribution >= 0.6 is 12.4 Å². The molecular weight excluding hydrogens is 350 g/mol. The first kappa shape index (κ1) is 21.0. The molecule has 9 heteroatoms. The van der Waals surface area contributed by atoms with Crippen molar-refractivity contribution >= 4 is 24.0 Å². The highest BCUT2D eigenvalue weighted by Gasteiger charge is 2.30. The Hall–Kier alpha value is -2.06. The van der Waals surface area contributed by atoms with E-state index in [0.29, 0.717) is 24.8 Å². The number of halogens is 1. The highest BCUT2D eigenvalue weighted by atomic mass is 35.5. The maximum atomic E-state index is 12.8. The van der Waals surface area contributed by atoms with E-state index in [4.69, 9.17) is 9.47 Å². The van der Waals surface area contributed by atoms with Crippen molar-refractivity contribution in [2.75, 3.05) is 40.9 Å². The van der Waals surface area contributed by atoms with Crippen LogP contribution in [0.2, 0.25) is 0 Å². The largest absolute Gasteiger partial charge is 0.493 e. The fourth-order valence-corrected chi connectivity index (χ4v) is 3.07. The fourth-order valence-electron chi connectivity index (χ4n) is 3.07. The molecule has 1 aromatic carbocycles. The predicted octanol–water partition coefficient (Wildman–Crippen LogP) is 2.11. The maximum absolute atomic E-state index is 12.8. The van der Waals surface area contributed by atoms with Crippen LogP contribution in [-0.2, 0) is 0 Å². The van der Waals surface area contributed by atoms with E-state index in [2.05, 4.69) is 5.32 Å². The zero-order valence-electron chi connectivity index (χ0n) is 14.6. The average Bonchev–Trinajstić information content (AvgIpc) is 2.60. The minimum atomic E-state index is -0.565. The van der Waals surface area contributed by atoms with E-state index in [9.17, 15) is 14.9 Å². The number of carbonyl (C=O) groups excluding carboxylic acids is 1. The second kappa shape index (κ2) is 9.43. The van der Waals surface area contributed by atoms with E-state index < -0.39 is 4.92 Å². The summed E-state index contributed by atoms with van der Waals surface area (Å²) in [6.45, 7) is 2.01. The highest BCUT2D eigenvalue weighted by molar-refractivity contribution is 5.99. The summed E-state index contributed by atoms with van der Waals surface area (Å²) in [5.74, 6) is 0.540.